The van der Waals surface area contributed by atoms with Crippen molar-refractivity contribution in [1.29, 1.82) is 0 Å². The SMILES string of the molecule is COC(CCC(=CSC)S(=O)CN)OC. The second-order valence-electron chi connectivity index (χ2n) is 2.77. The molecule has 0 amide bonds. The lowest BCUT2D eigenvalue weighted by atomic mass is 10.3. The predicted octanol–water partition coefficient (Wildman–Crippen LogP) is 1.25. The molecule has 0 radical (unpaired) electrons. The molecule has 0 aromatic rings. The highest BCUT2D eigenvalue weighted by atomic mass is 32.2. The summed E-state index contributed by atoms with van der Waals surface area (Å²) in [6.45, 7) is 0. The Labute approximate surface area is 98.0 Å². The highest BCUT2D eigenvalue weighted by molar-refractivity contribution is 8.02. The second-order valence-corrected chi connectivity index (χ2v) is 5.03. The average molecular weight is 253 g/mol. The molecule has 0 heterocycles. The van der Waals surface area contributed by atoms with Crippen LogP contribution in [-0.2, 0) is 20.3 Å². The maximum absolute atomic E-state index is 11.5. The van der Waals surface area contributed by atoms with Crippen LogP contribution in [0.25, 0.3) is 0 Å². The van der Waals surface area contributed by atoms with Crippen molar-refractivity contribution in [2.24, 2.45) is 5.73 Å². The third-order valence-electron chi connectivity index (χ3n) is 1.85. The summed E-state index contributed by atoms with van der Waals surface area (Å²) in [7, 11) is 2.10. The van der Waals surface area contributed by atoms with Gasteiger partial charge in [0.15, 0.2) is 6.29 Å². The van der Waals surface area contributed by atoms with Gasteiger partial charge in [-0.15, -0.1) is 11.8 Å². The van der Waals surface area contributed by atoms with Gasteiger partial charge >= 0.3 is 0 Å². The summed E-state index contributed by atoms with van der Waals surface area (Å²) in [5.41, 5.74) is 5.36. The van der Waals surface area contributed by atoms with Crippen LogP contribution in [0.5, 0.6) is 0 Å². The molecule has 0 aromatic heterocycles. The van der Waals surface area contributed by atoms with Gasteiger partial charge in [0.05, 0.1) is 16.7 Å². The number of hydrogen-bond acceptors (Lipinski definition) is 5. The van der Waals surface area contributed by atoms with E-state index in [-0.39, 0.29) is 12.2 Å². The number of allylic oxidation sites excluding steroid dienone is 1. The lowest BCUT2D eigenvalue weighted by molar-refractivity contribution is -0.105. The molecule has 1 atom stereocenters. The third kappa shape index (κ3) is 6.32. The van der Waals surface area contributed by atoms with Gasteiger partial charge in [-0.25, -0.2) is 0 Å². The molecule has 2 N–H and O–H groups in total. The fraction of sp³-hybridized carbons (Fsp3) is 0.778. The molecule has 4 nitrogen and oxygen atoms in total. The lowest BCUT2D eigenvalue weighted by Crippen LogP contribution is -2.15. The predicted molar refractivity (Wildman–Crippen MR) is 65.8 cm³/mol. The minimum absolute atomic E-state index is 0.164. The highest BCUT2D eigenvalue weighted by Gasteiger charge is 2.10. The van der Waals surface area contributed by atoms with Crippen LogP contribution in [0.15, 0.2) is 10.3 Å². The Morgan fingerprint density at radius 2 is 2.13 bits per heavy atom. The van der Waals surface area contributed by atoms with E-state index in [1.54, 1.807) is 14.2 Å². The monoisotopic (exact) mass is 253 g/mol. The third-order valence-corrected chi connectivity index (χ3v) is 3.72. The zero-order chi connectivity index (χ0) is 11.7. The number of nitrogens with two attached hydrogens (primary N) is 1. The Kier molecular flexibility index (Phi) is 9.43. The van der Waals surface area contributed by atoms with Crippen molar-refractivity contribution >= 4 is 22.6 Å². The molecule has 6 heteroatoms. The number of ether oxygens (including phenoxy) is 2. The van der Waals surface area contributed by atoms with Crippen LogP contribution >= 0.6 is 11.8 Å². The molecular weight excluding hydrogens is 234 g/mol. The largest absolute Gasteiger partial charge is 0.356 e. The average Bonchev–Trinajstić information content (AvgIpc) is 2.27. The normalized spacial score (nSPS) is 14.6. The van der Waals surface area contributed by atoms with Gasteiger partial charge in [0.2, 0.25) is 0 Å². The van der Waals surface area contributed by atoms with Crippen molar-refractivity contribution in [3.63, 3.8) is 0 Å². The molecule has 0 bridgehead atoms. The number of hydrogen-bond donors (Lipinski definition) is 1. The Morgan fingerprint density at radius 3 is 2.53 bits per heavy atom. The standard InChI is InChI=1S/C9H19NO3S2/c1-12-9(13-2)5-4-8(6-14-3)15(11)7-10/h6,9H,4-5,7,10H2,1-3H3. The van der Waals surface area contributed by atoms with Crippen molar-refractivity contribution in [2.75, 3.05) is 26.4 Å². The van der Waals surface area contributed by atoms with Crippen LogP contribution in [0.3, 0.4) is 0 Å². The van der Waals surface area contributed by atoms with Crippen LogP contribution in [-0.4, -0.2) is 36.9 Å². The molecule has 0 fully saturated rings. The maximum atomic E-state index is 11.5. The molecule has 0 aliphatic carbocycles. The van der Waals surface area contributed by atoms with Crippen LogP contribution in [0.2, 0.25) is 0 Å². The first-order chi connectivity index (χ1) is 7.19. The van der Waals surface area contributed by atoms with Crippen molar-refractivity contribution in [2.45, 2.75) is 19.1 Å². The van der Waals surface area contributed by atoms with E-state index >= 15 is 0 Å². The first kappa shape index (κ1) is 15.1. The van der Waals surface area contributed by atoms with Gasteiger partial charge in [-0.3, -0.25) is 4.21 Å². The van der Waals surface area contributed by atoms with Crippen molar-refractivity contribution in [1.82, 2.24) is 0 Å². The summed E-state index contributed by atoms with van der Waals surface area (Å²) >= 11 is 1.53. The van der Waals surface area contributed by atoms with Gasteiger partial charge in [0, 0.05) is 25.5 Å². The number of thioether (sulfide) groups is 1. The first-order valence-electron chi connectivity index (χ1n) is 4.55. The van der Waals surface area contributed by atoms with Gasteiger partial charge in [-0.05, 0) is 18.1 Å². The Bertz CT molecular complexity index is 217. The van der Waals surface area contributed by atoms with Crippen LogP contribution < -0.4 is 5.73 Å². The molecule has 90 valence electrons. The molecule has 1 unspecified atom stereocenters. The van der Waals surface area contributed by atoms with E-state index in [0.29, 0.717) is 12.8 Å². The maximum Gasteiger partial charge on any atom is 0.157 e. The smallest absolute Gasteiger partial charge is 0.157 e. The first-order valence-corrected chi connectivity index (χ1v) is 7.16. The Morgan fingerprint density at radius 1 is 1.53 bits per heavy atom. The summed E-state index contributed by atoms with van der Waals surface area (Å²) in [4.78, 5) is 0.851. The van der Waals surface area contributed by atoms with Gasteiger partial charge in [-0.1, -0.05) is 0 Å². The summed E-state index contributed by atoms with van der Waals surface area (Å²) in [6.07, 6.45) is 3.05. The minimum atomic E-state index is -1.08. The molecule has 15 heavy (non-hydrogen) atoms. The second kappa shape index (κ2) is 9.35. The van der Waals surface area contributed by atoms with E-state index in [1.807, 2.05) is 11.7 Å². The van der Waals surface area contributed by atoms with E-state index in [0.717, 1.165) is 4.91 Å². The van der Waals surface area contributed by atoms with E-state index in [2.05, 4.69) is 0 Å². The van der Waals surface area contributed by atoms with Crippen LogP contribution in [0.1, 0.15) is 12.8 Å². The molecule has 0 rings (SSSR count). The number of methoxy groups -OCH3 is 2. The van der Waals surface area contributed by atoms with E-state index in [9.17, 15) is 4.21 Å². The van der Waals surface area contributed by atoms with E-state index < -0.39 is 10.8 Å². The highest BCUT2D eigenvalue weighted by Crippen LogP contribution is 2.16. The fourth-order valence-electron chi connectivity index (χ4n) is 1.06. The van der Waals surface area contributed by atoms with Crippen molar-refractivity contribution in [3.05, 3.63) is 10.3 Å². The molecule has 0 saturated heterocycles. The Balaban J connectivity index is 4.18. The number of rotatable bonds is 8. The van der Waals surface area contributed by atoms with Crippen molar-refractivity contribution < 1.29 is 13.7 Å². The zero-order valence-corrected chi connectivity index (χ0v) is 11.0. The van der Waals surface area contributed by atoms with E-state index in [4.69, 9.17) is 15.2 Å². The molecular formula is C9H19NO3S2. The topological polar surface area (TPSA) is 61.5 Å². The molecule has 0 saturated carbocycles. The van der Waals surface area contributed by atoms with Crippen LogP contribution in [0, 0.1) is 0 Å². The molecule has 0 aliphatic heterocycles. The van der Waals surface area contributed by atoms with Gasteiger partial charge in [0.25, 0.3) is 0 Å². The van der Waals surface area contributed by atoms with Gasteiger partial charge in [-0.2, -0.15) is 0 Å². The van der Waals surface area contributed by atoms with Gasteiger partial charge < -0.3 is 15.2 Å². The van der Waals surface area contributed by atoms with Crippen molar-refractivity contribution in [3.8, 4) is 0 Å². The fourth-order valence-corrected chi connectivity index (χ4v) is 2.72. The minimum Gasteiger partial charge on any atom is -0.356 e. The summed E-state index contributed by atoms with van der Waals surface area (Å²) in [6, 6.07) is 0. The van der Waals surface area contributed by atoms with Gasteiger partial charge in [0.1, 0.15) is 0 Å². The van der Waals surface area contributed by atoms with E-state index in [1.165, 1.54) is 11.8 Å². The quantitative estimate of drug-likeness (QED) is 0.660. The summed E-state index contributed by atoms with van der Waals surface area (Å²) < 4.78 is 21.6. The Hall–Kier alpha value is 0.120. The van der Waals surface area contributed by atoms with Crippen LogP contribution in [0.4, 0.5) is 0 Å². The summed E-state index contributed by atoms with van der Waals surface area (Å²) in [5.74, 6) is 0.164. The molecule has 0 aliphatic rings. The lowest BCUT2D eigenvalue weighted by Gasteiger charge is -2.13. The molecule has 0 spiro atoms. The zero-order valence-electron chi connectivity index (χ0n) is 9.39. The summed E-state index contributed by atoms with van der Waals surface area (Å²) in [5, 5.41) is 1.88. The molecule has 0 aromatic carbocycles.